The summed E-state index contributed by atoms with van der Waals surface area (Å²) in [4.78, 5) is 7.78. The Kier molecular flexibility index (Phi) is 3.95. The van der Waals surface area contributed by atoms with Gasteiger partial charge in [0, 0.05) is 11.1 Å². The van der Waals surface area contributed by atoms with Crippen LogP contribution >= 0.6 is 0 Å². The molecule has 0 fully saturated rings. The predicted molar refractivity (Wildman–Crippen MR) is 65.2 cm³/mol. The van der Waals surface area contributed by atoms with Crippen molar-refractivity contribution in [2.45, 2.75) is 65.2 Å². The summed E-state index contributed by atoms with van der Waals surface area (Å²) in [5.41, 5.74) is 2.76. The van der Waals surface area contributed by atoms with Gasteiger partial charge in [-0.25, -0.2) is 4.98 Å². The van der Waals surface area contributed by atoms with E-state index in [1.54, 1.807) is 0 Å². The summed E-state index contributed by atoms with van der Waals surface area (Å²) in [6.07, 6.45) is 5.58. The third-order valence-electron chi connectivity index (χ3n) is 3.04. The molecule has 1 aromatic heterocycles. The maximum atomic E-state index is 4.51. The van der Waals surface area contributed by atoms with Gasteiger partial charge < -0.3 is 4.98 Å². The lowest BCUT2D eigenvalue weighted by Gasteiger charge is -2.24. The molecule has 1 heterocycles. The number of hydrogen-bond donors (Lipinski definition) is 1. The molecule has 0 saturated carbocycles. The molecule has 86 valence electrons. The largest absolute Gasteiger partial charge is 0.348 e. The van der Waals surface area contributed by atoms with Crippen molar-refractivity contribution >= 4 is 0 Å². The van der Waals surface area contributed by atoms with Crippen molar-refractivity contribution in [1.29, 1.82) is 0 Å². The SMILES string of the molecule is CCCCC(C)(C)c1nc[nH]c1C(C)C. The lowest BCUT2D eigenvalue weighted by Crippen LogP contribution is -2.20. The van der Waals surface area contributed by atoms with Crippen LogP contribution in [0.3, 0.4) is 0 Å². The first-order valence-corrected chi connectivity index (χ1v) is 6.02. The standard InChI is InChI=1S/C13H24N2/c1-6-7-8-13(4,5)12-11(10(2)3)14-9-15-12/h9-10H,6-8H2,1-5H3,(H,14,15). The third-order valence-corrected chi connectivity index (χ3v) is 3.04. The average molecular weight is 208 g/mol. The fourth-order valence-electron chi connectivity index (χ4n) is 2.02. The second-order valence-corrected chi connectivity index (χ2v) is 5.31. The van der Waals surface area contributed by atoms with Gasteiger partial charge in [0.15, 0.2) is 0 Å². The molecular formula is C13H24N2. The first kappa shape index (κ1) is 12.3. The molecule has 0 aliphatic carbocycles. The topological polar surface area (TPSA) is 28.7 Å². The minimum Gasteiger partial charge on any atom is -0.348 e. The number of nitrogens with one attached hydrogen (secondary N) is 1. The maximum Gasteiger partial charge on any atom is 0.0925 e. The lowest BCUT2D eigenvalue weighted by molar-refractivity contribution is 0.441. The van der Waals surface area contributed by atoms with Gasteiger partial charge >= 0.3 is 0 Å². The second kappa shape index (κ2) is 4.82. The summed E-state index contributed by atoms with van der Waals surface area (Å²) < 4.78 is 0. The molecule has 1 N–H and O–H groups in total. The molecule has 0 aromatic carbocycles. The molecule has 0 saturated heterocycles. The Balaban J connectivity index is 2.88. The Morgan fingerprint density at radius 1 is 1.40 bits per heavy atom. The maximum absolute atomic E-state index is 4.51. The van der Waals surface area contributed by atoms with Gasteiger partial charge in [0.1, 0.15) is 0 Å². The Morgan fingerprint density at radius 3 is 2.60 bits per heavy atom. The van der Waals surface area contributed by atoms with Crippen molar-refractivity contribution in [2.75, 3.05) is 0 Å². The van der Waals surface area contributed by atoms with E-state index >= 15 is 0 Å². The van der Waals surface area contributed by atoms with Gasteiger partial charge in [-0.2, -0.15) is 0 Å². The van der Waals surface area contributed by atoms with Gasteiger partial charge in [0.05, 0.1) is 12.0 Å². The highest BCUT2D eigenvalue weighted by molar-refractivity contribution is 5.23. The van der Waals surface area contributed by atoms with Gasteiger partial charge in [-0.05, 0) is 12.3 Å². The number of unbranched alkanes of at least 4 members (excludes halogenated alkanes) is 1. The Hall–Kier alpha value is -0.790. The monoisotopic (exact) mass is 208 g/mol. The molecule has 1 aromatic rings. The molecular weight excluding hydrogens is 184 g/mol. The lowest BCUT2D eigenvalue weighted by atomic mass is 9.81. The molecule has 0 amide bonds. The molecule has 2 nitrogen and oxygen atoms in total. The smallest absolute Gasteiger partial charge is 0.0925 e. The van der Waals surface area contributed by atoms with E-state index in [1.807, 2.05) is 6.33 Å². The first-order chi connectivity index (χ1) is 6.99. The predicted octanol–water partition coefficient (Wildman–Crippen LogP) is 4.00. The van der Waals surface area contributed by atoms with Crippen molar-refractivity contribution < 1.29 is 0 Å². The Morgan fingerprint density at radius 2 is 2.07 bits per heavy atom. The molecule has 0 unspecified atom stereocenters. The van der Waals surface area contributed by atoms with Crippen LogP contribution in [-0.4, -0.2) is 9.97 Å². The van der Waals surface area contributed by atoms with E-state index in [0.717, 1.165) is 0 Å². The van der Waals surface area contributed by atoms with E-state index in [-0.39, 0.29) is 5.41 Å². The highest BCUT2D eigenvalue weighted by atomic mass is 14.9. The van der Waals surface area contributed by atoms with Gasteiger partial charge in [0.2, 0.25) is 0 Å². The minimum absolute atomic E-state index is 0.204. The van der Waals surface area contributed by atoms with E-state index < -0.39 is 0 Å². The van der Waals surface area contributed by atoms with Crippen LogP contribution in [0.25, 0.3) is 0 Å². The summed E-state index contributed by atoms with van der Waals surface area (Å²) in [7, 11) is 0. The summed E-state index contributed by atoms with van der Waals surface area (Å²) in [6.45, 7) is 11.3. The summed E-state index contributed by atoms with van der Waals surface area (Å²) in [6, 6.07) is 0. The number of aromatic amines is 1. The average Bonchev–Trinajstić information content (AvgIpc) is 2.63. The third kappa shape index (κ3) is 2.83. The fraction of sp³-hybridized carbons (Fsp3) is 0.769. The molecule has 0 aliphatic heterocycles. The minimum atomic E-state index is 0.204. The molecule has 0 radical (unpaired) electrons. The van der Waals surface area contributed by atoms with Crippen molar-refractivity contribution in [3.8, 4) is 0 Å². The normalized spacial score (nSPS) is 12.4. The zero-order chi connectivity index (χ0) is 11.5. The highest BCUT2D eigenvalue weighted by Crippen LogP contribution is 2.32. The molecule has 15 heavy (non-hydrogen) atoms. The van der Waals surface area contributed by atoms with Crippen LogP contribution in [0.5, 0.6) is 0 Å². The Bertz CT molecular complexity index is 297. The number of rotatable bonds is 5. The van der Waals surface area contributed by atoms with E-state index in [0.29, 0.717) is 5.92 Å². The number of imidazole rings is 1. The van der Waals surface area contributed by atoms with Crippen LogP contribution in [0.2, 0.25) is 0 Å². The van der Waals surface area contributed by atoms with Gasteiger partial charge in [-0.3, -0.25) is 0 Å². The molecule has 0 atom stereocenters. The van der Waals surface area contributed by atoms with E-state index in [2.05, 4.69) is 44.6 Å². The van der Waals surface area contributed by atoms with Crippen molar-refractivity contribution in [3.05, 3.63) is 17.7 Å². The molecule has 2 heteroatoms. The van der Waals surface area contributed by atoms with E-state index in [4.69, 9.17) is 0 Å². The number of H-pyrrole nitrogens is 1. The van der Waals surface area contributed by atoms with Crippen molar-refractivity contribution in [1.82, 2.24) is 9.97 Å². The molecule has 0 aliphatic rings. The highest BCUT2D eigenvalue weighted by Gasteiger charge is 2.26. The molecule has 0 spiro atoms. The van der Waals surface area contributed by atoms with Crippen molar-refractivity contribution in [2.24, 2.45) is 0 Å². The van der Waals surface area contributed by atoms with Crippen LogP contribution in [0.15, 0.2) is 6.33 Å². The van der Waals surface area contributed by atoms with Crippen LogP contribution in [0, 0.1) is 0 Å². The molecule has 1 rings (SSSR count). The number of hydrogen-bond acceptors (Lipinski definition) is 1. The van der Waals surface area contributed by atoms with Crippen LogP contribution in [-0.2, 0) is 5.41 Å². The van der Waals surface area contributed by atoms with Gasteiger partial charge in [-0.15, -0.1) is 0 Å². The summed E-state index contributed by atoms with van der Waals surface area (Å²) in [5, 5.41) is 0. The number of aromatic nitrogens is 2. The fourth-order valence-corrected chi connectivity index (χ4v) is 2.02. The van der Waals surface area contributed by atoms with E-state index in [9.17, 15) is 0 Å². The Labute approximate surface area is 93.5 Å². The summed E-state index contributed by atoms with van der Waals surface area (Å²) >= 11 is 0. The second-order valence-electron chi connectivity index (χ2n) is 5.31. The quantitative estimate of drug-likeness (QED) is 0.778. The van der Waals surface area contributed by atoms with Crippen LogP contribution in [0.1, 0.15) is 71.2 Å². The summed E-state index contributed by atoms with van der Waals surface area (Å²) in [5.74, 6) is 0.531. The van der Waals surface area contributed by atoms with Gasteiger partial charge in [-0.1, -0.05) is 47.5 Å². The zero-order valence-electron chi connectivity index (χ0n) is 10.7. The van der Waals surface area contributed by atoms with Crippen LogP contribution < -0.4 is 0 Å². The molecule has 0 bridgehead atoms. The van der Waals surface area contributed by atoms with Crippen LogP contribution in [0.4, 0.5) is 0 Å². The number of nitrogens with zero attached hydrogens (tertiary/aromatic N) is 1. The van der Waals surface area contributed by atoms with E-state index in [1.165, 1.54) is 30.7 Å². The van der Waals surface area contributed by atoms with Gasteiger partial charge in [0.25, 0.3) is 0 Å². The zero-order valence-corrected chi connectivity index (χ0v) is 10.7. The van der Waals surface area contributed by atoms with Crippen molar-refractivity contribution in [3.63, 3.8) is 0 Å². The first-order valence-electron chi connectivity index (χ1n) is 6.02.